The topological polar surface area (TPSA) is 30.7 Å². The van der Waals surface area contributed by atoms with Crippen molar-refractivity contribution in [3.8, 4) is 5.69 Å². The first-order valence-electron chi connectivity index (χ1n) is 7.06. The number of nitrogens with zero attached hydrogens (tertiary/aromatic N) is 3. The van der Waals surface area contributed by atoms with Gasteiger partial charge in [-0.1, -0.05) is 12.6 Å². The molecule has 0 fully saturated rings. The third-order valence-electron chi connectivity index (χ3n) is 3.60. The van der Waals surface area contributed by atoms with Gasteiger partial charge in [0.25, 0.3) is 0 Å². The molecule has 3 rings (SSSR count). The Morgan fingerprint density at radius 2 is 1.71 bits per heavy atom. The van der Waals surface area contributed by atoms with Crippen LogP contribution in [-0.4, -0.2) is 14.8 Å². The van der Waals surface area contributed by atoms with Crippen LogP contribution in [0.5, 0.6) is 0 Å². The van der Waals surface area contributed by atoms with Gasteiger partial charge < -0.3 is 0 Å². The molecule has 2 aromatic heterocycles. The van der Waals surface area contributed by atoms with E-state index in [4.69, 9.17) is 4.98 Å². The summed E-state index contributed by atoms with van der Waals surface area (Å²) in [6, 6.07) is 10.5. The Morgan fingerprint density at radius 1 is 1.05 bits per heavy atom. The first-order chi connectivity index (χ1) is 9.95. The number of allylic oxidation sites excluding steroid dienone is 1. The first-order valence-corrected chi connectivity index (χ1v) is 7.06. The summed E-state index contributed by atoms with van der Waals surface area (Å²) in [5, 5.41) is 5.75. The highest BCUT2D eigenvalue weighted by atomic mass is 15.3. The lowest BCUT2D eigenvalue weighted by Crippen LogP contribution is -2.00. The summed E-state index contributed by atoms with van der Waals surface area (Å²) in [7, 11) is 0. The summed E-state index contributed by atoms with van der Waals surface area (Å²) in [6.45, 7) is 12.2. The molecule has 0 amide bonds. The third kappa shape index (κ3) is 2.35. The van der Waals surface area contributed by atoms with Crippen LogP contribution in [0.3, 0.4) is 0 Å². The van der Waals surface area contributed by atoms with Crippen LogP contribution in [0.2, 0.25) is 0 Å². The maximum Gasteiger partial charge on any atom is 0.163 e. The number of benzene rings is 1. The highest BCUT2D eigenvalue weighted by Crippen LogP contribution is 2.23. The van der Waals surface area contributed by atoms with Gasteiger partial charge in [0.05, 0.1) is 17.1 Å². The number of hydrogen-bond donors (Lipinski definition) is 0. The summed E-state index contributed by atoms with van der Waals surface area (Å²) in [5.74, 6) is 0. The van der Waals surface area contributed by atoms with Crippen molar-refractivity contribution in [3.05, 3.63) is 59.4 Å². The van der Waals surface area contributed by atoms with E-state index in [0.717, 1.165) is 33.7 Å². The van der Waals surface area contributed by atoms with Crippen LogP contribution < -0.4 is 0 Å². The van der Waals surface area contributed by atoms with Gasteiger partial charge in [0.1, 0.15) is 0 Å². The van der Waals surface area contributed by atoms with Gasteiger partial charge in [0, 0.05) is 5.39 Å². The van der Waals surface area contributed by atoms with E-state index >= 15 is 0 Å². The Labute approximate surface area is 124 Å². The van der Waals surface area contributed by atoms with E-state index in [9.17, 15) is 0 Å². The zero-order chi connectivity index (χ0) is 15.1. The van der Waals surface area contributed by atoms with Gasteiger partial charge >= 0.3 is 0 Å². The van der Waals surface area contributed by atoms with Gasteiger partial charge in [-0.3, -0.25) is 0 Å². The molecule has 0 unspecified atom stereocenters. The number of hydrogen-bond acceptors (Lipinski definition) is 2. The van der Waals surface area contributed by atoms with Crippen molar-refractivity contribution < 1.29 is 0 Å². The summed E-state index contributed by atoms with van der Waals surface area (Å²) in [6.07, 6.45) is 0. The molecule has 0 aliphatic heterocycles. The van der Waals surface area contributed by atoms with Crippen LogP contribution >= 0.6 is 0 Å². The van der Waals surface area contributed by atoms with Crippen molar-refractivity contribution in [2.45, 2.75) is 27.7 Å². The predicted octanol–water partition coefficient (Wildman–Crippen LogP) is 4.38. The van der Waals surface area contributed by atoms with Crippen molar-refractivity contribution in [1.82, 2.24) is 14.8 Å². The fraction of sp³-hybridized carbons (Fsp3) is 0.222. The molecule has 0 saturated heterocycles. The minimum atomic E-state index is 0.887. The Morgan fingerprint density at radius 3 is 2.33 bits per heavy atom. The molecule has 3 aromatic rings. The van der Waals surface area contributed by atoms with Crippen molar-refractivity contribution in [2.24, 2.45) is 0 Å². The first kappa shape index (κ1) is 13.6. The second-order valence-corrected chi connectivity index (χ2v) is 5.69. The second kappa shape index (κ2) is 4.85. The number of aryl methyl sites for hydroxylation is 3. The fourth-order valence-corrected chi connectivity index (χ4v) is 2.63. The van der Waals surface area contributed by atoms with E-state index in [-0.39, 0.29) is 0 Å². The van der Waals surface area contributed by atoms with E-state index in [0.29, 0.717) is 0 Å². The van der Waals surface area contributed by atoms with Crippen LogP contribution in [-0.2, 0) is 0 Å². The maximum absolute atomic E-state index is 4.73. The van der Waals surface area contributed by atoms with E-state index in [1.807, 2.05) is 24.6 Å². The van der Waals surface area contributed by atoms with Crippen molar-refractivity contribution in [1.29, 1.82) is 0 Å². The molecule has 0 spiro atoms. The van der Waals surface area contributed by atoms with Gasteiger partial charge in [0.2, 0.25) is 0 Å². The largest absolute Gasteiger partial charge is 0.228 e. The fourth-order valence-electron chi connectivity index (χ4n) is 2.63. The summed E-state index contributed by atoms with van der Waals surface area (Å²) >= 11 is 0. The minimum Gasteiger partial charge on any atom is -0.228 e. The predicted molar refractivity (Wildman–Crippen MR) is 87.8 cm³/mol. The second-order valence-electron chi connectivity index (χ2n) is 5.69. The SMILES string of the molecule is C=C(C)c1ccc2c(C)nn(-c3cc(C)cc(C)c3)c2n1. The van der Waals surface area contributed by atoms with Crippen molar-refractivity contribution in [2.75, 3.05) is 0 Å². The number of fused-ring (bicyclic) bond motifs is 1. The van der Waals surface area contributed by atoms with Gasteiger partial charge in [-0.15, -0.1) is 0 Å². The molecular weight excluding hydrogens is 258 g/mol. The molecule has 0 aliphatic carbocycles. The standard InChI is InChI=1S/C18H19N3/c1-11(2)17-7-6-16-14(5)20-21(18(16)19-17)15-9-12(3)8-13(4)10-15/h6-10H,1H2,2-5H3. The lowest BCUT2D eigenvalue weighted by Gasteiger charge is -2.07. The van der Waals surface area contributed by atoms with Crippen LogP contribution in [0.1, 0.15) is 29.4 Å². The highest BCUT2D eigenvalue weighted by molar-refractivity contribution is 5.81. The molecule has 3 nitrogen and oxygen atoms in total. The van der Waals surface area contributed by atoms with Crippen LogP contribution in [0.4, 0.5) is 0 Å². The molecule has 0 N–H and O–H groups in total. The summed E-state index contributed by atoms with van der Waals surface area (Å²) in [4.78, 5) is 4.73. The number of pyridine rings is 1. The molecule has 21 heavy (non-hydrogen) atoms. The van der Waals surface area contributed by atoms with Crippen LogP contribution in [0, 0.1) is 20.8 Å². The van der Waals surface area contributed by atoms with E-state index in [2.05, 4.69) is 49.8 Å². The molecule has 2 heterocycles. The summed E-state index contributed by atoms with van der Waals surface area (Å²) < 4.78 is 1.93. The molecule has 0 radical (unpaired) electrons. The zero-order valence-corrected chi connectivity index (χ0v) is 12.9. The average molecular weight is 277 g/mol. The van der Waals surface area contributed by atoms with Crippen molar-refractivity contribution in [3.63, 3.8) is 0 Å². The Bertz CT molecular complexity index is 836. The molecule has 0 bridgehead atoms. The van der Waals surface area contributed by atoms with Crippen molar-refractivity contribution >= 4 is 16.6 Å². The molecule has 106 valence electrons. The Kier molecular flexibility index (Phi) is 3.13. The van der Waals surface area contributed by atoms with Gasteiger partial charge in [-0.2, -0.15) is 5.10 Å². The molecule has 3 heteroatoms. The van der Waals surface area contributed by atoms with Crippen LogP contribution in [0.15, 0.2) is 36.9 Å². The minimum absolute atomic E-state index is 0.887. The molecular formula is C18H19N3. The van der Waals surface area contributed by atoms with E-state index in [1.54, 1.807) is 0 Å². The molecule has 0 aliphatic rings. The third-order valence-corrected chi connectivity index (χ3v) is 3.60. The van der Waals surface area contributed by atoms with E-state index < -0.39 is 0 Å². The lowest BCUT2D eigenvalue weighted by atomic mass is 10.1. The quantitative estimate of drug-likeness (QED) is 0.696. The van der Waals surface area contributed by atoms with E-state index in [1.165, 1.54) is 11.1 Å². The molecule has 0 saturated carbocycles. The number of aromatic nitrogens is 3. The highest BCUT2D eigenvalue weighted by Gasteiger charge is 2.12. The zero-order valence-electron chi connectivity index (χ0n) is 12.9. The average Bonchev–Trinajstić information content (AvgIpc) is 2.74. The van der Waals surface area contributed by atoms with Crippen LogP contribution in [0.25, 0.3) is 22.3 Å². The Balaban J connectivity index is 2.31. The van der Waals surface area contributed by atoms with Gasteiger partial charge in [0.15, 0.2) is 5.65 Å². The molecule has 1 aromatic carbocycles. The maximum atomic E-state index is 4.73. The molecule has 0 atom stereocenters. The monoisotopic (exact) mass is 277 g/mol. The van der Waals surface area contributed by atoms with Gasteiger partial charge in [-0.25, -0.2) is 9.67 Å². The smallest absolute Gasteiger partial charge is 0.163 e. The lowest BCUT2D eigenvalue weighted by molar-refractivity contribution is 0.874. The summed E-state index contributed by atoms with van der Waals surface area (Å²) in [5.41, 5.74) is 7.25. The number of rotatable bonds is 2. The Hall–Kier alpha value is -2.42. The normalized spacial score (nSPS) is 11.0. The van der Waals surface area contributed by atoms with Gasteiger partial charge in [-0.05, 0) is 68.7 Å².